The number of piperidine rings is 1. The predicted molar refractivity (Wildman–Crippen MR) is 111 cm³/mol. The van der Waals surface area contributed by atoms with Crippen molar-refractivity contribution < 1.29 is 22.4 Å². The highest BCUT2D eigenvalue weighted by molar-refractivity contribution is 7.89. The fourth-order valence-electron chi connectivity index (χ4n) is 4.12. The zero-order valence-corrected chi connectivity index (χ0v) is 18.0. The average molecular weight is 440 g/mol. The van der Waals surface area contributed by atoms with E-state index in [1.165, 1.54) is 22.5 Å². The number of nitrogens with zero attached hydrogens (tertiary/aromatic N) is 2. The van der Waals surface area contributed by atoms with Gasteiger partial charge in [-0.3, -0.25) is 9.59 Å². The lowest BCUT2D eigenvalue weighted by atomic mass is 9.94. The van der Waals surface area contributed by atoms with Gasteiger partial charge >= 0.3 is 0 Å². The lowest BCUT2D eigenvalue weighted by Gasteiger charge is -2.32. The molecule has 2 aliphatic rings. The Balaban J connectivity index is 1.40. The van der Waals surface area contributed by atoms with Crippen molar-refractivity contribution in [3.8, 4) is 0 Å². The Morgan fingerprint density at radius 1 is 1.23 bits per heavy atom. The number of carbonyl (C=O) groups excluding carboxylic acids is 2. The number of carbonyl (C=O) groups is 2. The minimum atomic E-state index is -3.73. The molecule has 1 atom stereocenters. The van der Waals surface area contributed by atoms with Crippen LogP contribution in [0.3, 0.4) is 0 Å². The second kappa shape index (κ2) is 10.3. The summed E-state index contributed by atoms with van der Waals surface area (Å²) in [5.41, 5.74) is 0. The van der Waals surface area contributed by atoms with E-state index in [0.717, 1.165) is 38.3 Å². The van der Waals surface area contributed by atoms with Crippen LogP contribution in [-0.4, -0.2) is 62.2 Å². The van der Waals surface area contributed by atoms with E-state index in [9.17, 15) is 22.4 Å². The summed E-state index contributed by atoms with van der Waals surface area (Å²) in [6, 6.07) is 5.07. The van der Waals surface area contributed by atoms with Crippen molar-refractivity contribution in [1.29, 1.82) is 0 Å². The van der Waals surface area contributed by atoms with E-state index in [-0.39, 0.29) is 22.6 Å². The van der Waals surface area contributed by atoms with Gasteiger partial charge in [-0.1, -0.05) is 6.07 Å². The van der Waals surface area contributed by atoms with Crippen molar-refractivity contribution in [3.63, 3.8) is 0 Å². The van der Waals surface area contributed by atoms with Gasteiger partial charge in [-0.25, -0.2) is 12.8 Å². The first-order chi connectivity index (χ1) is 14.4. The van der Waals surface area contributed by atoms with Crippen LogP contribution in [0.15, 0.2) is 29.2 Å². The molecule has 3 rings (SSSR count). The summed E-state index contributed by atoms with van der Waals surface area (Å²) in [6.07, 6.45) is 4.84. The van der Waals surface area contributed by atoms with E-state index in [4.69, 9.17) is 0 Å². The molecule has 0 bridgehead atoms. The molecule has 0 saturated carbocycles. The van der Waals surface area contributed by atoms with Gasteiger partial charge in [0.2, 0.25) is 21.8 Å². The number of hydrogen-bond donors (Lipinski definition) is 1. The number of amides is 2. The van der Waals surface area contributed by atoms with Gasteiger partial charge < -0.3 is 10.2 Å². The first kappa shape index (κ1) is 22.7. The summed E-state index contributed by atoms with van der Waals surface area (Å²) >= 11 is 0. The highest BCUT2D eigenvalue weighted by Gasteiger charge is 2.30. The van der Waals surface area contributed by atoms with Crippen molar-refractivity contribution in [2.24, 2.45) is 5.92 Å². The molecular formula is C21H30FN3O4S. The molecule has 2 amide bonds. The summed E-state index contributed by atoms with van der Waals surface area (Å²) in [7, 11) is -3.73. The molecule has 1 aromatic rings. The molecule has 30 heavy (non-hydrogen) atoms. The number of benzene rings is 1. The van der Waals surface area contributed by atoms with Crippen molar-refractivity contribution in [3.05, 3.63) is 30.1 Å². The van der Waals surface area contributed by atoms with Crippen LogP contribution in [0.4, 0.5) is 4.39 Å². The summed E-state index contributed by atoms with van der Waals surface area (Å²) in [5.74, 6) is -0.324. The third kappa shape index (κ3) is 6.01. The molecule has 0 radical (unpaired) electrons. The molecule has 2 aliphatic heterocycles. The Labute approximate surface area is 177 Å². The topological polar surface area (TPSA) is 86.8 Å². The number of nitrogens with one attached hydrogen (secondary N) is 1. The van der Waals surface area contributed by atoms with Gasteiger partial charge in [-0.05, 0) is 56.2 Å². The lowest BCUT2D eigenvalue weighted by Crippen LogP contribution is -2.40. The number of sulfonamides is 1. The van der Waals surface area contributed by atoms with E-state index in [1.54, 1.807) is 0 Å². The van der Waals surface area contributed by atoms with Crippen LogP contribution in [0.5, 0.6) is 0 Å². The zero-order chi connectivity index (χ0) is 21.6. The third-order valence-corrected chi connectivity index (χ3v) is 7.65. The van der Waals surface area contributed by atoms with Crippen LogP contribution in [0, 0.1) is 11.7 Å². The van der Waals surface area contributed by atoms with Crippen molar-refractivity contribution >= 4 is 21.8 Å². The molecule has 2 saturated heterocycles. The fraction of sp³-hybridized carbons (Fsp3) is 0.619. The third-order valence-electron chi connectivity index (χ3n) is 5.79. The standard InChI is InChI=1S/C21H30FN3O4S/c22-18-6-1-7-19(15-18)30(28,29)25-14-2-5-17(16-25)9-10-20(26)23-11-4-13-24-12-3-8-21(24)27/h1,6-7,15,17H,2-5,8-14,16H2,(H,23,26). The van der Waals surface area contributed by atoms with Gasteiger partial charge in [0.1, 0.15) is 5.82 Å². The maximum atomic E-state index is 13.4. The maximum Gasteiger partial charge on any atom is 0.243 e. The maximum absolute atomic E-state index is 13.4. The van der Waals surface area contributed by atoms with Gasteiger partial charge in [0, 0.05) is 45.6 Å². The number of likely N-dealkylation sites (tertiary alicyclic amines) is 1. The van der Waals surface area contributed by atoms with Gasteiger partial charge in [0.05, 0.1) is 4.90 Å². The monoisotopic (exact) mass is 439 g/mol. The van der Waals surface area contributed by atoms with Crippen molar-refractivity contribution in [1.82, 2.24) is 14.5 Å². The van der Waals surface area contributed by atoms with E-state index in [2.05, 4.69) is 5.32 Å². The minimum absolute atomic E-state index is 0.0302. The molecular weight excluding hydrogens is 409 g/mol. The summed E-state index contributed by atoms with van der Waals surface area (Å²) in [4.78, 5) is 25.5. The van der Waals surface area contributed by atoms with Crippen LogP contribution < -0.4 is 5.32 Å². The highest BCUT2D eigenvalue weighted by Crippen LogP contribution is 2.26. The van der Waals surface area contributed by atoms with E-state index >= 15 is 0 Å². The average Bonchev–Trinajstić information content (AvgIpc) is 3.14. The lowest BCUT2D eigenvalue weighted by molar-refractivity contribution is -0.127. The normalized spacial score (nSPS) is 20.5. The van der Waals surface area contributed by atoms with E-state index in [0.29, 0.717) is 45.4 Å². The number of rotatable bonds is 9. The molecule has 166 valence electrons. The Kier molecular flexibility index (Phi) is 7.82. The first-order valence-electron chi connectivity index (χ1n) is 10.7. The summed E-state index contributed by atoms with van der Waals surface area (Å²) < 4.78 is 40.4. The minimum Gasteiger partial charge on any atom is -0.356 e. The number of halogens is 1. The Hall–Kier alpha value is -2.00. The molecule has 7 nitrogen and oxygen atoms in total. The first-order valence-corrected chi connectivity index (χ1v) is 12.1. The van der Waals surface area contributed by atoms with Gasteiger partial charge in [0.15, 0.2) is 0 Å². The molecule has 0 aliphatic carbocycles. The highest BCUT2D eigenvalue weighted by atomic mass is 32.2. The molecule has 2 fully saturated rings. The molecule has 2 heterocycles. The number of hydrogen-bond acceptors (Lipinski definition) is 4. The Morgan fingerprint density at radius 2 is 2.07 bits per heavy atom. The second-order valence-corrected chi connectivity index (χ2v) is 9.99. The summed E-state index contributed by atoms with van der Waals surface area (Å²) in [6.45, 7) is 2.78. The van der Waals surface area contributed by atoms with E-state index in [1.807, 2.05) is 4.90 Å². The van der Waals surface area contributed by atoms with Crippen LogP contribution in [0.2, 0.25) is 0 Å². The zero-order valence-electron chi connectivity index (χ0n) is 17.2. The molecule has 1 aromatic carbocycles. The van der Waals surface area contributed by atoms with Gasteiger partial charge in [0.25, 0.3) is 0 Å². The quantitative estimate of drug-likeness (QED) is 0.597. The van der Waals surface area contributed by atoms with Crippen LogP contribution in [-0.2, 0) is 19.6 Å². The van der Waals surface area contributed by atoms with Gasteiger partial charge in [-0.2, -0.15) is 4.31 Å². The van der Waals surface area contributed by atoms with Crippen LogP contribution >= 0.6 is 0 Å². The second-order valence-electron chi connectivity index (χ2n) is 8.06. The predicted octanol–water partition coefficient (Wildman–Crippen LogP) is 2.14. The Bertz CT molecular complexity index is 862. The largest absolute Gasteiger partial charge is 0.356 e. The van der Waals surface area contributed by atoms with E-state index < -0.39 is 15.8 Å². The molecule has 9 heteroatoms. The SMILES string of the molecule is O=C(CCC1CCCN(S(=O)(=O)c2cccc(F)c2)C1)NCCCN1CCCC1=O. The molecule has 1 N–H and O–H groups in total. The van der Waals surface area contributed by atoms with Crippen molar-refractivity contribution in [2.45, 2.75) is 49.8 Å². The van der Waals surface area contributed by atoms with Crippen LogP contribution in [0.25, 0.3) is 0 Å². The Morgan fingerprint density at radius 3 is 2.80 bits per heavy atom. The molecule has 1 unspecified atom stereocenters. The van der Waals surface area contributed by atoms with Crippen LogP contribution in [0.1, 0.15) is 44.9 Å². The fourth-order valence-corrected chi connectivity index (χ4v) is 5.71. The summed E-state index contributed by atoms with van der Waals surface area (Å²) in [5, 5.41) is 2.88. The van der Waals surface area contributed by atoms with Gasteiger partial charge in [-0.15, -0.1) is 0 Å². The molecule has 0 spiro atoms. The molecule has 0 aromatic heterocycles. The smallest absolute Gasteiger partial charge is 0.243 e. The van der Waals surface area contributed by atoms with Crippen molar-refractivity contribution in [2.75, 3.05) is 32.7 Å².